The normalized spacial score (nSPS) is 13.4. The molecule has 0 aliphatic heterocycles. The van der Waals surface area contributed by atoms with E-state index in [0.717, 1.165) is 0 Å². The summed E-state index contributed by atoms with van der Waals surface area (Å²) < 4.78 is 0. The van der Waals surface area contributed by atoms with Crippen molar-refractivity contribution >= 4 is 5.97 Å². The minimum atomic E-state index is -1.48. The molecule has 4 heteroatoms. The first-order valence-electron chi connectivity index (χ1n) is 3.90. The second-order valence-electron chi connectivity index (χ2n) is 2.91. The topological polar surface area (TPSA) is 83.5 Å². The van der Waals surface area contributed by atoms with Crippen molar-refractivity contribution in [1.82, 2.24) is 0 Å². The zero-order valence-corrected chi connectivity index (χ0v) is 7.44. The smallest absolute Gasteiger partial charge is 0.323 e. The molecule has 0 aromatic heterocycles. The molecule has 0 radical (unpaired) electrons. The third kappa shape index (κ3) is 3.01. The van der Waals surface area contributed by atoms with Gasteiger partial charge in [0.05, 0.1) is 5.60 Å². The maximum atomic E-state index is 10.5. The summed E-state index contributed by atoms with van der Waals surface area (Å²) in [4.78, 5) is 10.5. The van der Waals surface area contributed by atoms with Gasteiger partial charge in [-0.1, -0.05) is 12.2 Å². The van der Waals surface area contributed by atoms with Crippen LogP contribution in [0, 0.1) is 0 Å². The zero-order chi connectivity index (χ0) is 10.5. The Balaban J connectivity index is 4.64. The van der Waals surface area contributed by atoms with Crippen LogP contribution < -0.4 is 5.73 Å². The standard InChI is InChI=1S/C9H15NO3/c1-3-5-9(13,6-4-2)7(10)8(11)12/h3-4,7,13H,1-2,5-6,10H2,(H,11,12)/t7-/m1/s1. The Morgan fingerprint density at radius 2 is 1.85 bits per heavy atom. The van der Waals surface area contributed by atoms with E-state index in [1.54, 1.807) is 0 Å². The molecule has 0 heterocycles. The lowest BCUT2D eigenvalue weighted by Crippen LogP contribution is -2.52. The molecule has 0 saturated carbocycles. The van der Waals surface area contributed by atoms with Gasteiger partial charge in [-0.05, 0) is 12.8 Å². The fourth-order valence-electron chi connectivity index (χ4n) is 1.07. The van der Waals surface area contributed by atoms with Gasteiger partial charge in [0, 0.05) is 0 Å². The molecule has 0 saturated heterocycles. The number of carboxylic acid groups (broad SMARTS) is 1. The highest BCUT2D eigenvalue weighted by atomic mass is 16.4. The first-order chi connectivity index (χ1) is 5.98. The molecule has 0 aromatic rings. The number of carboxylic acids is 1. The molecule has 0 aromatic carbocycles. The Morgan fingerprint density at radius 3 is 2.08 bits per heavy atom. The van der Waals surface area contributed by atoms with Crippen LogP contribution in [0.4, 0.5) is 0 Å². The van der Waals surface area contributed by atoms with Gasteiger partial charge in [0.15, 0.2) is 0 Å². The molecule has 0 amide bonds. The number of aliphatic hydroxyl groups is 1. The number of aliphatic carboxylic acids is 1. The highest BCUT2D eigenvalue weighted by Gasteiger charge is 2.36. The lowest BCUT2D eigenvalue weighted by Gasteiger charge is -2.29. The van der Waals surface area contributed by atoms with Crippen molar-refractivity contribution in [3.8, 4) is 0 Å². The number of rotatable bonds is 6. The minimum Gasteiger partial charge on any atom is -0.480 e. The Morgan fingerprint density at radius 1 is 1.46 bits per heavy atom. The molecule has 0 spiro atoms. The number of carbonyl (C=O) groups is 1. The van der Waals surface area contributed by atoms with E-state index in [1.807, 2.05) is 0 Å². The second kappa shape index (κ2) is 4.79. The van der Waals surface area contributed by atoms with Crippen molar-refractivity contribution in [2.75, 3.05) is 0 Å². The van der Waals surface area contributed by atoms with E-state index in [4.69, 9.17) is 10.8 Å². The number of hydrogen-bond donors (Lipinski definition) is 3. The van der Waals surface area contributed by atoms with Crippen LogP contribution in [0.15, 0.2) is 25.3 Å². The van der Waals surface area contributed by atoms with Crippen molar-refractivity contribution in [3.63, 3.8) is 0 Å². The van der Waals surface area contributed by atoms with Crippen LogP contribution in [0.3, 0.4) is 0 Å². The van der Waals surface area contributed by atoms with Gasteiger partial charge in [0.2, 0.25) is 0 Å². The van der Waals surface area contributed by atoms with Crippen LogP contribution in [0.5, 0.6) is 0 Å². The van der Waals surface area contributed by atoms with Crippen molar-refractivity contribution in [3.05, 3.63) is 25.3 Å². The molecule has 0 aliphatic carbocycles. The molecule has 0 unspecified atom stereocenters. The number of nitrogens with two attached hydrogens (primary N) is 1. The monoisotopic (exact) mass is 185 g/mol. The van der Waals surface area contributed by atoms with Crippen LogP contribution in [0.1, 0.15) is 12.8 Å². The summed E-state index contributed by atoms with van der Waals surface area (Å²) in [5.41, 5.74) is 3.85. The second-order valence-corrected chi connectivity index (χ2v) is 2.91. The van der Waals surface area contributed by atoms with Gasteiger partial charge in [-0.25, -0.2) is 0 Å². The van der Waals surface area contributed by atoms with Crippen molar-refractivity contribution in [1.29, 1.82) is 0 Å². The highest BCUT2D eigenvalue weighted by molar-refractivity contribution is 5.74. The van der Waals surface area contributed by atoms with E-state index in [0.29, 0.717) is 0 Å². The minimum absolute atomic E-state index is 0.131. The van der Waals surface area contributed by atoms with E-state index in [1.165, 1.54) is 12.2 Å². The highest BCUT2D eigenvalue weighted by Crippen LogP contribution is 2.20. The van der Waals surface area contributed by atoms with Crippen LogP contribution in [-0.4, -0.2) is 27.8 Å². The average Bonchev–Trinajstić information content (AvgIpc) is 2.03. The molecule has 74 valence electrons. The predicted octanol–water partition coefficient (Wildman–Crippen LogP) is 0.282. The fraction of sp³-hybridized carbons (Fsp3) is 0.444. The van der Waals surface area contributed by atoms with Crippen LogP contribution in [0.25, 0.3) is 0 Å². The van der Waals surface area contributed by atoms with Gasteiger partial charge in [-0.15, -0.1) is 13.2 Å². The lowest BCUT2D eigenvalue weighted by molar-refractivity contribution is -0.145. The quantitative estimate of drug-likeness (QED) is 0.519. The number of hydrogen-bond acceptors (Lipinski definition) is 3. The summed E-state index contributed by atoms with van der Waals surface area (Å²) in [6.45, 7) is 6.85. The van der Waals surface area contributed by atoms with E-state index < -0.39 is 17.6 Å². The van der Waals surface area contributed by atoms with Gasteiger partial charge in [0.1, 0.15) is 6.04 Å². The van der Waals surface area contributed by atoms with Crippen LogP contribution in [0.2, 0.25) is 0 Å². The third-order valence-corrected chi connectivity index (χ3v) is 1.84. The van der Waals surface area contributed by atoms with Gasteiger partial charge in [0.25, 0.3) is 0 Å². The van der Waals surface area contributed by atoms with E-state index >= 15 is 0 Å². The maximum Gasteiger partial charge on any atom is 0.323 e. The van der Waals surface area contributed by atoms with E-state index in [-0.39, 0.29) is 12.8 Å². The molecule has 0 rings (SSSR count). The summed E-state index contributed by atoms with van der Waals surface area (Å²) in [5, 5.41) is 18.4. The molecular weight excluding hydrogens is 170 g/mol. The molecule has 0 fully saturated rings. The lowest BCUT2D eigenvalue weighted by atomic mass is 9.88. The summed E-state index contributed by atoms with van der Waals surface area (Å²) in [5.74, 6) is -1.23. The molecule has 1 atom stereocenters. The van der Waals surface area contributed by atoms with Crippen molar-refractivity contribution < 1.29 is 15.0 Å². The predicted molar refractivity (Wildman–Crippen MR) is 50.2 cm³/mol. The Bertz CT molecular complexity index is 203. The molecule has 0 bridgehead atoms. The Kier molecular flexibility index (Phi) is 4.37. The van der Waals surface area contributed by atoms with E-state index in [9.17, 15) is 9.90 Å². The van der Waals surface area contributed by atoms with Crippen molar-refractivity contribution in [2.24, 2.45) is 5.73 Å². The Hall–Kier alpha value is -1.13. The van der Waals surface area contributed by atoms with E-state index in [2.05, 4.69) is 13.2 Å². The first kappa shape index (κ1) is 11.9. The summed E-state index contributed by atoms with van der Waals surface area (Å²) in [7, 11) is 0. The largest absolute Gasteiger partial charge is 0.480 e. The molecule has 0 aliphatic rings. The Labute approximate surface area is 77.4 Å². The SMILES string of the molecule is C=CCC(O)(CC=C)[C@H](N)C(=O)O. The molecule has 13 heavy (non-hydrogen) atoms. The van der Waals surface area contributed by atoms with Gasteiger partial charge in [-0.2, -0.15) is 0 Å². The molecule has 4 N–H and O–H groups in total. The van der Waals surface area contributed by atoms with Crippen molar-refractivity contribution in [2.45, 2.75) is 24.5 Å². The molecular formula is C9H15NO3. The first-order valence-corrected chi connectivity index (χ1v) is 3.90. The van der Waals surface area contributed by atoms with Gasteiger partial charge < -0.3 is 15.9 Å². The summed E-state index contributed by atoms with van der Waals surface area (Å²) >= 11 is 0. The molecule has 4 nitrogen and oxygen atoms in total. The summed E-state index contributed by atoms with van der Waals surface area (Å²) in [6, 6.07) is -1.32. The van der Waals surface area contributed by atoms with Crippen LogP contribution in [-0.2, 0) is 4.79 Å². The average molecular weight is 185 g/mol. The van der Waals surface area contributed by atoms with Gasteiger partial charge in [-0.3, -0.25) is 4.79 Å². The fourth-order valence-corrected chi connectivity index (χ4v) is 1.07. The summed E-state index contributed by atoms with van der Waals surface area (Å²) in [6.07, 6.45) is 3.14. The van der Waals surface area contributed by atoms with Crippen LogP contribution >= 0.6 is 0 Å². The third-order valence-electron chi connectivity index (χ3n) is 1.84. The zero-order valence-electron chi connectivity index (χ0n) is 7.44. The van der Waals surface area contributed by atoms with Gasteiger partial charge >= 0.3 is 5.97 Å². The maximum absolute atomic E-state index is 10.5.